The molecule has 29 heavy (non-hydrogen) atoms. The number of rotatable bonds is 6. The Morgan fingerprint density at radius 1 is 1.21 bits per heavy atom. The molecular formula is C21H27FN4O3. The second kappa shape index (κ2) is 9.17. The molecule has 7 nitrogen and oxygen atoms in total. The summed E-state index contributed by atoms with van der Waals surface area (Å²) in [6, 6.07) is 6.97. The molecule has 0 bridgehead atoms. The second-order valence-corrected chi connectivity index (χ2v) is 7.71. The zero-order valence-corrected chi connectivity index (χ0v) is 17.0. The molecule has 2 amide bonds. The topological polar surface area (TPSA) is 78.7 Å². The smallest absolute Gasteiger partial charge is 0.254 e. The van der Waals surface area contributed by atoms with Gasteiger partial charge in [-0.2, -0.15) is 0 Å². The summed E-state index contributed by atoms with van der Waals surface area (Å²) in [6.07, 6.45) is 0. The molecule has 3 rings (SSSR count). The lowest BCUT2D eigenvalue weighted by Gasteiger charge is -2.37. The van der Waals surface area contributed by atoms with Crippen molar-refractivity contribution in [2.45, 2.75) is 33.4 Å². The van der Waals surface area contributed by atoms with Crippen LogP contribution in [0.25, 0.3) is 0 Å². The van der Waals surface area contributed by atoms with E-state index in [4.69, 9.17) is 4.52 Å². The van der Waals surface area contributed by atoms with Gasteiger partial charge in [0.2, 0.25) is 5.91 Å². The van der Waals surface area contributed by atoms with E-state index in [9.17, 15) is 14.0 Å². The summed E-state index contributed by atoms with van der Waals surface area (Å²) >= 11 is 0. The highest BCUT2D eigenvalue weighted by atomic mass is 19.1. The normalized spacial score (nSPS) is 16.1. The number of carbonyl (C=O) groups is 2. The molecule has 0 spiro atoms. The maximum atomic E-state index is 13.9. The molecule has 1 N–H and O–H groups in total. The van der Waals surface area contributed by atoms with Crippen LogP contribution in [0.15, 0.2) is 34.9 Å². The van der Waals surface area contributed by atoms with Crippen LogP contribution in [0.3, 0.4) is 0 Å². The van der Waals surface area contributed by atoms with Crippen LogP contribution in [0, 0.1) is 18.7 Å². The van der Waals surface area contributed by atoms with Crippen molar-refractivity contribution >= 4 is 11.8 Å². The summed E-state index contributed by atoms with van der Waals surface area (Å²) in [5.74, 6) is -0.626. The Bertz CT molecular complexity index is 859. The van der Waals surface area contributed by atoms with Crippen molar-refractivity contribution in [3.63, 3.8) is 0 Å². The number of nitrogens with zero attached hydrogens (tertiary/aromatic N) is 3. The number of hydrogen-bond acceptors (Lipinski definition) is 5. The van der Waals surface area contributed by atoms with Gasteiger partial charge in [-0.3, -0.25) is 14.5 Å². The third-order valence-corrected chi connectivity index (χ3v) is 5.08. The largest absolute Gasteiger partial charge is 0.360 e. The van der Waals surface area contributed by atoms with Crippen LogP contribution in [-0.4, -0.2) is 59.0 Å². The Morgan fingerprint density at radius 3 is 2.48 bits per heavy atom. The van der Waals surface area contributed by atoms with Crippen LogP contribution >= 0.6 is 0 Å². The van der Waals surface area contributed by atoms with Crippen molar-refractivity contribution < 1.29 is 18.5 Å². The van der Waals surface area contributed by atoms with Crippen molar-refractivity contribution in [1.82, 2.24) is 20.3 Å². The average molecular weight is 402 g/mol. The standard InChI is InChI=1S/C21H27FN4O3/c1-14(2)19(23-20(27)17-6-4-5-7-18(17)22)21(28)26-10-8-25(9-11-26)13-16-12-15(3)24-29-16/h4-7,12,14,19H,8-11,13H2,1-3H3,(H,23,27). The van der Waals surface area contributed by atoms with Crippen molar-refractivity contribution in [2.24, 2.45) is 5.92 Å². The minimum absolute atomic E-state index is 0.0573. The highest BCUT2D eigenvalue weighted by Crippen LogP contribution is 2.14. The van der Waals surface area contributed by atoms with Gasteiger partial charge in [-0.25, -0.2) is 4.39 Å². The molecular weight excluding hydrogens is 375 g/mol. The predicted molar refractivity (Wildman–Crippen MR) is 106 cm³/mol. The molecule has 1 aliphatic rings. The molecule has 1 saturated heterocycles. The van der Waals surface area contributed by atoms with Gasteiger partial charge >= 0.3 is 0 Å². The SMILES string of the molecule is Cc1cc(CN2CCN(C(=O)C(NC(=O)c3ccccc3F)C(C)C)CC2)on1. The molecule has 1 aliphatic heterocycles. The second-order valence-electron chi connectivity index (χ2n) is 7.71. The summed E-state index contributed by atoms with van der Waals surface area (Å²) in [7, 11) is 0. The van der Waals surface area contributed by atoms with E-state index < -0.39 is 17.8 Å². The zero-order valence-electron chi connectivity index (χ0n) is 17.0. The first kappa shape index (κ1) is 21.0. The van der Waals surface area contributed by atoms with Crippen LogP contribution in [-0.2, 0) is 11.3 Å². The average Bonchev–Trinajstić information content (AvgIpc) is 3.10. The lowest BCUT2D eigenvalue weighted by atomic mass is 10.0. The van der Waals surface area contributed by atoms with Gasteiger partial charge in [0, 0.05) is 32.2 Å². The highest BCUT2D eigenvalue weighted by Gasteiger charge is 2.31. The summed E-state index contributed by atoms with van der Waals surface area (Å²) in [4.78, 5) is 29.5. The molecule has 1 aromatic carbocycles. The summed E-state index contributed by atoms with van der Waals surface area (Å²) < 4.78 is 19.2. The van der Waals surface area contributed by atoms with Crippen LogP contribution in [0.2, 0.25) is 0 Å². The molecule has 1 unspecified atom stereocenters. The fourth-order valence-electron chi connectivity index (χ4n) is 3.41. The molecule has 0 saturated carbocycles. The maximum Gasteiger partial charge on any atom is 0.254 e. The molecule has 0 aliphatic carbocycles. The first-order valence-electron chi connectivity index (χ1n) is 9.84. The first-order valence-corrected chi connectivity index (χ1v) is 9.84. The Hall–Kier alpha value is -2.74. The molecule has 1 aromatic heterocycles. The summed E-state index contributed by atoms with van der Waals surface area (Å²) in [5, 5.41) is 6.61. The van der Waals surface area contributed by atoms with E-state index in [-0.39, 0.29) is 17.4 Å². The van der Waals surface area contributed by atoms with Crippen molar-refractivity contribution in [3.8, 4) is 0 Å². The zero-order chi connectivity index (χ0) is 21.0. The monoisotopic (exact) mass is 402 g/mol. The number of piperazine rings is 1. The Kier molecular flexibility index (Phi) is 6.64. The number of nitrogens with one attached hydrogen (secondary N) is 1. The Morgan fingerprint density at radius 2 is 1.90 bits per heavy atom. The van der Waals surface area contributed by atoms with E-state index in [1.807, 2.05) is 26.8 Å². The number of carbonyl (C=O) groups excluding carboxylic acids is 2. The molecule has 1 atom stereocenters. The van der Waals surface area contributed by atoms with E-state index >= 15 is 0 Å². The lowest BCUT2D eigenvalue weighted by Crippen LogP contribution is -2.56. The van der Waals surface area contributed by atoms with Crippen LogP contribution in [0.4, 0.5) is 4.39 Å². The molecule has 156 valence electrons. The van der Waals surface area contributed by atoms with Gasteiger partial charge in [-0.15, -0.1) is 0 Å². The first-order chi connectivity index (χ1) is 13.8. The van der Waals surface area contributed by atoms with E-state index in [0.717, 1.165) is 11.5 Å². The van der Waals surface area contributed by atoms with Gasteiger partial charge in [0.15, 0.2) is 5.76 Å². The number of aromatic nitrogens is 1. The van der Waals surface area contributed by atoms with Gasteiger partial charge in [-0.05, 0) is 25.0 Å². The number of hydrogen-bond donors (Lipinski definition) is 1. The van der Waals surface area contributed by atoms with Gasteiger partial charge in [0.1, 0.15) is 11.9 Å². The van der Waals surface area contributed by atoms with E-state index in [2.05, 4.69) is 15.4 Å². The van der Waals surface area contributed by atoms with Gasteiger partial charge in [-0.1, -0.05) is 31.1 Å². The summed E-state index contributed by atoms with van der Waals surface area (Å²) in [5.41, 5.74) is 0.789. The Labute approximate surface area is 169 Å². The Balaban J connectivity index is 1.58. The van der Waals surface area contributed by atoms with E-state index in [1.54, 1.807) is 11.0 Å². The molecule has 0 radical (unpaired) electrons. The van der Waals surface area contributed by atoms with Crippen LogP contribution < -0.4 is 5.32 Å². The van der Waals surface area contributed by atoms with Crippen LogP contribution in [0.5, 0.6) is 0 Å². The summed E-state index contributed by atoms with van der Waals surface area (Å²) in [6.45, 7) is 8.80. The van der Waals surface area contributed by atoms with Crippen molar-refractivity contribution in [1.29, 1.82) is 0 Å². The lowest BCUT2D eigenvalue weighted by molar-refractivity contribution is -0.136. The molecule has 2 heterocycles. The fourth-order valence-corrected chi connectivity index (χ4v) is 3.41. The van der Waals surface area contributed by atoms with Crippen molar-refractivity contribution in [2.75, 3.05) is 26.2 Å². The number of amides is 2. The minimum Gasteiger partial charge on any atom is -0.360 e. The molecule has 2 aromatic rings. The predicted octanol–water partition coefficient (Wildman–Crippen LogP) is 2.22. The highest BCUT2D eigenvalue weighted by molar-refractivity contribution is 5.97. The fraction of sp³-hybridized carbons (Fsp3) is 0.476. The molecule has 8 heteroatoms. The van der Waals surface area contributed by atoms with Crippen molar-refractivity contribution in [3.05, 3.63) is 53.2 Å². The van der Waals surface area contributed by atoms with Crippen LogP contribution in [0.1, 0.15) is 35.7 Å². The van der Waals surface area contributed by atoms with Gasteiger partial charge < -0.3 is 14.7 Å². The third-order valence-electron chi connectivity index (χ3n) is 5.08. The third kappa shape index (κ3) is 5.20. The van der Waals surface area contributed by atoms with Gasteiger partial charge in [0.05, 0.1) is 17.8 Å². The van der Waals surface area contributed by atoms with E-state index in [0.29, 0.717) is 32.7 Å². The maximum absolute atomic E-state index is 13.9. The number of benzene rings is 1. The number of halogens is 1. The van der Waals surface area contributed by atoms with E-state index in [1.165, 1.54) is 18.2 Å². The quantitative estimate of drug-likeness (QED) is 0.802. The minimum atomic E-state index is -0.703. The van der Waals surface area contributed by atoms with Gasteiger partial charge in [0.25, 0.3) is 5.91 Å². The number of aryl methyl sites for hydroxylation is 1. The molecule has 1 fully saturated rings.